The zero-order valence-corrected chi connectivity index (χ0v) is 32.2. The van der Waals surface area contributed by atoms with Crippen molar-refractivity contribution in [1.29, 1.82) is 0 Å². The largest absolute Gasteiger partial charge is 0.488 e. The van der Waals surface area contributed by atoms with Gasteiger partial charge >= 0.3 is 5.97 Å². The van der Waals surface area contributed by atoms with Crippen LogP contribution in [0.4, 0.5) is 0 Å². The average molecular weight is 739 g/mol. The van der Waals surface area contributed by atoms with E-state index in [0.29, 0.717) is 31.4 Å². The van der Waals surface area contributed by atoms with Crippen LogP contribution < -0.4 is 9.46 Å². The first kappa shape index (κ1) is 38.0. The number of nitrogens with one attached hydrogen (secondary N) is 1. The minimum absolute atomic E-state index is 0.112. The van der Waals surface area contributed by atoms with Crippen LogP contribution in [0.3, 0.4) is 0 Å². The molecule has 6 rings (SSSR count). The van der Waals surface area contributed by atoms with Crippen molar-refractivity contribution in [3.8, 4) is 5.75 Å². The van der Waals surface area contributed by atoms with Crippen molar-refractivity contribution in [3.63, 3.8) is 0 Å². The number of fused-ring (bicyclic) bond motifs is 3. The number of esters is 1. The van der Waals surface area contributed by atoms with E-state index < -0.39 is 55.7 Å². The van der Waals surface area contributed by atoms with E-state index in [1.54, 1.807) is 34.0 Å². The minimum atomic E-state index is -3.92. The summed E-state index contributed by atoms with van der Waals surface area (Å²) in [4.78, 5) is 61.9. The van der Waals surface area contributed by atoms with Gasteiger partial charge in [0.05, 0.1) is 46.5 Å². The third kappa shape index (κ3) is 8.09. The molecule has 2 amide bonds. The smallest absolute Gasteiger partial charge is 0.307 e. The molecule has 1 aromatic carbocycles. The molecule has 3 fully saturated rings. The number of aromatic nitrogens is 2. The lowest BCUT2D eigenvalue weighted by Gasteiger charge is -2.29. The van der Waals surface area contributed by atoms with E-state index in [4.69, 9.17) is 9.47 Å². The molecule has 0 unspecified atom stereocenters. The van der Waals surface area contributed by atoms with Crippen LogP contribution in [0.25, 0.3) is 11.0 Å². The first-order valence-electron chi connectivity index (χ1n) is 18.8. The number of hydrogen-bond donors (Lipinski definition) is 1. The van der Waals surface area contributed by atoms with E-state index in [2.05, 4.69) is 28.1 Å². The molecule has 284 valence electrons. The van der Waals surface area contributed by atoms with Gasteiger partial charge in [0, 0.05) is 30.9 Å². The van der Waals surface area contributed by atoms with E-state index in [0.717, 1.165) is 36.7 Å². The molecule has 2 aromatic rings. The summed E-state index contributed by atoms with van der Waals surface area (Å²) in [5.74, 6) is -2.20. The number of ketones is 1. The molecule has 1 N–H and O–H groups in total. The fraction of sp³-hybridized carbons (Fsp3) is 0.667. The second-order valence-electron chi connectivity index (χ2n) is 16.9. The van der Waals surface area contributed by atoms with Gasteiger partial charge in [-0.2, -0.15) is 0 Å². The SMILES string of the molecule is CC(C)n1cnc2cc(O[C@@H]3C[C@H]4C(=O)C[C@]5(C(=O)NS(=O)(=O)C6(C)CC6)C[C@H]5/C=C\CCCCC[C@H](CC(=O)OC(C)(C)C)C(=O)N4C3)ccc21. The molecule has 0 bridgehead atoms. The normalized spacial score (nSPS) is 28.7. The average Bonchev–Trinajstić information content (AvgIpc) is 3.85. The van der Waals surface area contributed by atoms with E-state index in [9.17, 15) is 27.6 Å². The van der Waals surface area contributed by atoms with Gasteiger partial charge in [0.2, 0.25) is 21.8 Å². The van der Waals surface area contributed by atoms with Crippen molar-refractivity contribution < 1.29 is 37.1 Å². The van der Waals surface area contributed by atoms with Gasteiger partial charge in [0.25, 0.3) is 0 Å². The van der Waals surface area contributed by atoms with Gasteiger partial charge in [0.1, 0.15) is 17.5 Å². The molecule has 4 aliphatic rings. The van der Waals surface area contributed by atoms with Gasteiger partial charge < -0.3 is 18.9 Å². The van der Waals surface area contributed by atoms with E-state index in [1.165, 1.54) is 4.90 Å². The maximum absolute atomic E-state index is 14.5. The quantitative estimate of drug-likeness (QED) is 0.262. The summed E-state index contributed by atoms with van der Waals surface area (Å²) in [6.07, 6.45) is 9.98. The van der Waals surface area contributed by atoms with Crippen molar-refractivity contribution in [1.82, 2.24) is 19.2 Å². The molecule has 0 spiro atoms. The van der Waals surface area contributed by atoms with Gasteiger partial charge in [-0.1, -0.05) is 25.0 Å². The highest BCUT2D eigenvalue weighted by molar-refractivity contribution is 7.91. The van der Waals surface area contributed by atoms with E-state index in [-0.39, 0.29) is 49.5 Å². The summed E-state index contributed by atoms with van der Waals surface area (Å²) in [5, 5.41) is 0. The summed E-state index contributed by atoms with van der Waals surface area (Å²) >= 11 is 0. The van der Waals surface area contributed by atoms with E-state index >= 15 is 0 Å². The number of allylic oxidation sites excluding steroid dienone is 2. The number of hydrogen-bond acceptors (Lipinski definition) is 9. The Kier molecular flexibility index (Phi) is 10.4. The fourth-order valence-corrected chi connectivity index (χ4v) is 9.03. The standard InChI is InChI=1S/C39H54N4O8S/c1-25(2)43-24-40-30-19-28(14-15-31(30)43)50-29-20-32-33(44)22-39(36(47)41-52(48,49)38(6)16-17-38)21-27(39)13-11-9-7-8-10-12-26(35(46)42(32)23-29)18-34(45)51-37(3,4)5/h11,13-15,19,24-27,29,32H,7-10,12,16-18,20-23H2,1-6H3,(H,41,47)/b13-11-/t26-,27-,29-,32+,39-/m1/s1. The van der Waals surface area contributed by atoms with Crippen LogP contribution in [-0.4, -0.2) is 75.5 Å². The van der Waals surface area contributed by atoms with Gasteiger partial charge in [-0.25, -0.2) is 13.4 Å². The third-order valence-electron chi connectivity index (χ3n) is 11.2. The minimum Gasteiger partial charge on any atom is -0.488 e. The molecule has 2 aliphatic carbocycles. The van der Waals surface area contributed by atoms with Crippen molar-refractivity contribution in [2.24, 2.45) is 17.3 Å². The number of nitrogens with zero attached hydrogens (tertiary/aromatic N) is 3. The number of rotatable bonds is 8. The topological polar surface area (TPSA) is 154 Å². The molecule has 1 saturated heterocycles. The van der Waals surface area contributed by atoms with Crippen molar-refractivity contribution in [2.75, 3.05) is 6.54 Å². The van der Waals surface area contributed by atoms with Crippen LogP contribution in [0.1, 0.15) is 118 Å². The number of benzene rings is 1. The second kappa shape index (κ2) is 14.2. The Bertz CT molecular complexity index is 1860. The highest BCUT2D eigenvalue weighted by Crippen LogP contribution is 2.57. The summed E-state index contributed by atoms with van der Waals surface area (Å²) in [6.45, 7) is 11.2. The molecule has 0 radical (unpaired) electrons. The Morgan fingerprint density at radius 3 is 2.56 bits per heavy atom. The van der Waals surface area contributed by atoms with Crippen LogP contribution in [0, 0.1) is 17.3 Å². The Balaban J connectivity index is 1.29. The predicted molar refractivity (Wildman–Crippen MR) is 196 cm³/mol. The van der Waals surface area contributed by atoms with Gasteiger partial charge in [-0.3, -0.25) is 23.9 Å². The third-order valence-corrected chi connectivity index (χ3v) is 13.4. The Hall–Kier alpha value is -3.74. The number of sulfonamides is 1. The summed E-state index contributed by atoms with van der Waals surface area (Å²) in [6, 6.07) is 4.96. The first-order chi connectivity index (χ1) is 24.4. The second-order valence-corrected chi connectivity index (χ2v) is 19.1. The van der Waals surface area contributed by atoms with E-state index in [1.807, 2.05) is 30.4 Å². The number of carbonyl (C=O) groups excluding carboxylic acids is 4. The summed E-state index contributed by atoms with van der Waals surface area (Å²) < 4.78 is 41.7. The van der Waals surface area contributed by atoms with Gasteiger partial charge in [-0.05, 0) is 98.1 Å². The number of carbonyl (C=O) groups is 4. The number of Topliss-reactive ketones (excluding diaryl/α,β-unsaturated/α-hetero) is 1. The maximum Gasteiger partial charge on any atom is 0.307 e. The monoisotopic (exact) mass is 738 g/mol. The zero-order chi connectivity index (χ0) is 37.6. The molecule has 3 heterocycles. The molecule has 2 aliphatic heterocycles. The first-order valence-corrected chi connectivity index (χ1v) is 20.3. The van der Waals surface area contributed by atoms with Gasteiger partial charge in [-0.15, -0.1) is 0 Å². The molecule has 1 aromatic heterocycles. The molecule has 13 heteroatoms. The fourth-order valence-electron chi connectivity index (χ4n) is 7.69. The highest BCUT2D eigenvalue weighted by atomic mass is 32.2. The molecule has 52 heavy (non-hydrogen) atoms. The van der Waals surface area contributed by atoms with Crippen LogP contribution >= 0.6 is 0 Å². The highest BCUT2D eigenvalue weighted by Gasteiger charge is 2.62. The Labute approximate surface area is 307 Å². The number of ether oxygens (including phenoxy) is 2. The van der Waals surface area contributed by atoms with Crippen LogP contribution in [0.5, 0.6) is 5.75 Å². The molecule has 12 nitrogen and oxygen atoms in total. The predicted octanol–water partition coefficient (Wildman–Crippen LogP) is 5.80. The molecular weight excluding hydrogens is 685 g/mol. The maximum atomic E-state index is 14.5. The molecule has 2 saturated carbocycles. The summed E-state index contributed by atoms with van der Waals surface area (Å²) in [7, 11) is -3.92. The van der Waals surface area contributed by atoms with Crippen LogP contribution in [0.2, 0.25) is 0 Å². The molecule has 5 atom stereocenters. The lowest BCUT2D eigenvalue weighted by molar-refractivity contribution is -0.159. The summed E-state index contributed by atoms with van der Waals surface area (Å²) in [5.41, 5.74) is -0.218. The Morgan fingerprint density at radius 2 is 1.87 bits per heavy atom. The number of imidazole rings is 1. The Morgan fingerprint density at radius 1 is 1.12 bits per heavy atom. The van der Waals surface area contributed by atoms with Crippen LogP contribution in [-0.2, 0) is 33.9 Å². The van der Waals surface area contributed by atoms with Crippen molar-refractivity contribution in [2.45, 2.75) is 141 Å². The van der Waals surface area contributed by atoms with Gasteiger partial charge in [0.15, 0.2) is 5.78 Å². The molecular formula is C39H54N4O8S. The zero-order valence-electron chi connectivity index (χ0n) is 31.4. The van der Waals surface area contributed by atoms with Crippen LogP contribution in [0.15, 0.2) is 36.7 Å². The lowest BCUT2D eigenvalue weighted by atomic mass is 9.90. The number of amides is 2. The van der Waals surface area contributed by atoms with Crippen molar-refractivity contribution >= 4 is 44.6 Å². The van der Waals surface area contributed by atoms with Crippen molar-refractivity contribution in [3.05, 3.63) is 36.7 Å². The lowest BCUT2D eigenvalue weighted by Crippen LogP contribution is -2.47.